The van der Waals surface area contributed by atoms with Crippen molar-refractivity contribution < 1.29 is 9.47 Å². The second-order valence-corrected chi connectivity index (χ2v) is 7.01. The zero-order valence-corrected chi connectivity index (χ0v) is 19.5. The highest BCUT2D eigenvalue weighted by atomic mass is 127. The summed E-state index contributed by atoms with van der Waals surface area (Å²) in [5.41, 5.74) is 1.24. The number of nitrogens with zero attached hydrogens (tertiary/aromatic N) is 1. The van der Waals surface area contributed by atoms with Gasteiger partial charge in [-0.15, -0.1) is 24.0 Å². The molecule has 0 aliphatic carbocycles. The van der Waals surface area contributed by atoms with Crippen LogP contribution in [0.15, 0.2) is 29.3 Å². The maximum absolute atomic E-state index is 6.25. The highest BCUT2D eigenvalue weighted by Crippen LogP contribution is 2.36. The number of aliphatic imine (C=N–C) groups is 1. The third-order valence-corrected chi connectivity index (χ3v) is 4.97. The highest BCUT2D eigenvalue weighted by Gasteiger charge is 2.34. The average Bonchev–Trinajstić information content (AvgIpc) is 2.66. The van der Waals surface area contributed by atoms with E-state index in [1.165, 1.54) is 5.56 Å². The van der Waals surface area contributed by atoms with Crippen molar-refractivity contribution in [3.05, 3.63) is 34.9 Å². The minimum absolute atomic E-state index is 0. The molecule has 5 nitrogen and oxygen atoms in total. The van der Waals surface area contributed by atoms with E-state index in [1.54, 1.807) is 0 Å². The zero-order valence-electron chi connectivity index (χ0n) is 16.4. The molecule has 0 radical (unpaired) electrons. The summed E-state index contributed by atoms with van der Waals surface area (Å²) in [6, 6.07) is 8.18. The van der Waals surface area contributed by atoms with Crippen molar-refractivity contribution in [3.63, 3.8) is 0 Å². The van der Waals surface area contributed by atoms with Crippen LogP contribution in [0.25, 0.3) is 0 Å². The molecule has 1 aliphatic rings. The summed E-state index contributed by atoms with van der Waals surface area (Å²) < 4.78 is 11.0. The van der Waals surface area contributed by atoms with Gasteiger partial charge >= 0.3 is 0 Å². The number of guanidine groups is 1. The first-order valence-corrected chi connectivity index (χ1v) is 10.0. The highest BCUT2D eigenvalue weighted by molar-refractivity contribution is 14.0. The van der Waals surface area contributed by atoms with E-state index in [0.29, 0.717) is 0 Å². The van der Waals surface area contributed by atoms with Crippen LogP contribution in [0.1, 0.15) is 38.7 Å². The van der Waals surface area contributed by atoms with Gasteiger partial charge in [-0.25, -0.2) is 0 Å². The molecule has 1 saturated heterocycles. The molecule has 1 fully saturated rings. The first kappa shape index (κ1) is 24.5. The molecule has 154 valence electrons. The van der Waals surface area contributed by atoms with Crippen molar-refractivity contribution in [2.45, 2.75) is 38.5 Å². The standard InChI is InChI=1S/C20H32ClN3O2.HI/c1-3-22-19(23-11-6-12-25-4-2)24-16-20(9-13-26-14-10-20)17-7-5-8-18(21)15-17;/h5,7-8,15H,3-4,6,9-14,16H2,1-2H3,(H2,22,23,24);1H. The molecule has 27 heavy (non-hydrogen) atoms. The predicted octanol–water partition coefficient (Wildman–Crippen LogP) is 3.99. The summed E-state index contributed by atoms with van der Waals surface area (Å²) in [6.07, 6.45) is 2.88. The lowest BCUT2D eigenvalue weighted by Crippen LogP contribution is -2.41. The molecule has 0 bridgehead atoms. The van der Waals surface area contributed by atoms with E-state index < -0.39 is 0 Å². The largest absolute Gasteiger partial charge is 0.382 e. The Morgan fingerprint density at radius 2 is 2.04 bits per heavy atom. The molecule has 0 amide bonds. The van der Waals surface area contributed by atoms with E-state index in [4.69, 9.17) is 26.1 Å². The topological polar surface area (TPSA) is 54.9 Å². The summed E-state index contributed by atoms with van der Waals surface area (Å²) in [5, 5.41) is 7.51. The molecule has 0 saturated carbocycles. The lowest BCUT2D eigenvalue weighted by molar-refractivity contribution is 0.0531. The monoisotopic (exact) mass is 509 g/mol. The molecule has 0 aromatic heterocycles. The number of hydrogen-bond donors (Lipinski definition) is 2. The van der Waals surface area contributed by atoms with Crippen LogP contribution in [0.4, 0.5) is 0 Å². The maximum atomic E-state index is 6.25. The van der Waals surface area contributed by atoms with Gasteiger partial charge in [0, 0.05) is 50.0 Å². The van der Waals surface area contributed by atoms with Crippen molar-refractivity contribution in [2.75, 3.05) is 46.1 Å². The lowest BCUT2D eigenvalue weighted by Gasteiger charge is -2.36. The Kier molecular flexibility index (Phi) is 12.3. The van der Waals surface area contributed by atoms with Crippen LogP contribution in [-0.2, 0) is 14.9 Å². The van der Waals surface area contributed by atoms with Gasteiger partial charge in [-0.05, 0) is 50.8 Å². The Labute approximate surface area is 185 Å². The number of hydrogen-bond acceptors (Lipinski definition) is 3. The van der Waals surface area contributed by atoms with Gasteiger partial charge in [-0.2, -0.15) is 0 Å². The smallest absolute Gasteiger partial charge is 0.191 e. The molecule has 7 heteroatoms. The average molecular weight is 510 g/mol. The Morgan fingerprint density at radius 1 is 1.26 bits per heavy atom. The minimum atomic E-state index is -0.0170. The second kappa shape index (κ2) is 13.6. The van der Waals surface area contributed by atoms with Crippen LogP contribution < -0.4 is 10.6 Å². The minimum Gasteiger partial charge on any atom is -0.382 e. The zero-order chi connectivity index (χ0) is 18.7. The summed E-state index contributed by atoms with van der Waals surface area (Å²) in [4.78, 5) is 4.89. The lowest BCUT2D eigenvalue weighted by atomic mass is 9.74. The van der Waals surface area contributed by atoms with E-state index in [9.17, 15) is 0 Å². The van der Waals surface area contributed by atoms with Gasteiger partial charge in [0.15, 0.2) is 5.96 Å². The predicted molar refractivity (Wildman–Crippen MR) is 124 cm³/mol. The van der Waals surface area contributed by atoms with E-state index in [-0.39, 0.29) is 29.4 Å². The van der Waals surface area contributed by atoms with Crippen LogP contribution >= 0.6 is 35.6 Å². The van der Waals surface area contributed by atoms with Crippen molar-refractivity contribution in [3.8, 4) is 0 Å². The van der Waals surface area contributed by atoms with Gasteiger partial charge in [0.05, 0.1) is 6.54 Å². The van der Waals surface area contributed by atoms with Gasteiger partial charge < -0.3 is 20.1 Å². The number of ether oxygens (including phenoxy) is 2. The fourth-order valence-electron chi connectivity index (χ4n) is 3.22. The molecule has 2 N–H and O–H groups in total. The molecule has 0 unspecified atom stereocenters. The fourth-order valence-corrected chi connectivity index (χ4v) is 3.41. The molecule has 0 atom stereocenters. The SMILES string of the molecule is CCNC(=NCC1(c2cccc(Cl)c2)CCOCC1)NCCCOCC.I. The maximum Gasteiger partial charge on any atom is 0.191 e. The Hall–Kier alpha value is -0.570. The number of nitrogens with one attached hydrogen (secondary N) is 2. The number of halogens is 2. The van der Waals surface area contributed by atoms with Crippen LogP contribution in [0.2, 0.25) is 5.02 Å². The first-order valence-electron chi connectivity index (χ1n) is 9.64. The van der Waals surface area contributed by atoms with E-state index in [0.717, 1.165) is 76.3 Å². The van der Waals surface area contributed by atoms with Crippen molar-refractivity contribution in [2.24, 2.45) is 4.99 Å². The van der Waals surface area contributed by atoms with E-state index in [1.807, 2.05) is 19.1 Å². The Bertz CT molecular complexity index is 566. The molecular weight excluding hydrogens is 477 g/mol. The summed E-state index contributed by atoms with van der Waals surface area (Å²) in [5.74, 6) is 0.858. The molecule has 0 spiro atoms. The molecule has 1 aromatic carbocycles. The van der Waals surface area contributed by atoms with Crippen molar-refractivity contribution in [1.82, 2.24) is 10.6 Å². The molecule has 1 aliphatic heterocycles. The summed E-state index contributed by atoms with van der Waals surface area (Å²) >= 11 is 6.25. The first-order chi connectivity index (χ1) is 12.7. The van der Waals surface area contributed by atoms with Crippen LogP contribution in [0.5, 0.6) is 0 Å². The van der Waals surface area contributed by atoms with Crippen LogP contribution in [0, 0.1) is 0 Å². The molecule has 1 aromatic rings. The summed E-state index contributed by atoms with van der Waals surface area (Å²) in [7, 11) is 0. The quantitative estimate of drug-likeness (QED) is 0.229. The van der Waals surface area contributed by atoms with E-state index >= 15 is 0 Å². The van der Waals surface area contributed by atoms with Gasteiger partial charge in [0.1, 0.15) is 0 Å². The summed E-state index contributed by atoms with van der Waals surface area (Å²) in [6.45, 7) is 9.56. The van der Waals surface area contributed by atoms with Crippen LogP contribution in [0.3, 0.4) is 0 Å². The molecule has 2 rings (SSSR count). The Morgan fingerprint density at radius 3 is 2.70 bits per heavy atom. The number of benzene rings is 1. The second-order valence-electron chi connectivity index (χ2n) is 6.58. The van der Waals surface area contributed by atoms with Crippen LogP contribution in [-0.4, -0.2) is 52.0 Å². The molecule has 1 heterocycles. The third-order valence-electron chi connectivity index (χ3n) is 4.73. The normalized spacial score (nSPS) is 16.5. The van der Waals surface area contributed by atoms with Crippen molar-refractivity contribution >= 4 is 41.5 Å². The Balaban J connectivity index is 0.00000364. The fraction of sp³-hybridized carbons (Fsp3) is 0.650. The van der Waals surface area contributed by atoms with Gasteiger partial charge in [0.2, 0.25) is 0 Å². The third kappa shape index (κ3) is 8.13. The van der Waals surface area contributed by atoms with Gasteiger partial charge in [-0.3, -0.25) is 4.99 Å². The number of rotatable bonds is 9. The van der Waals surface area contributed by atoms with Gasteiger partial charge in [0.25, 0.3) is 0 Å². The van der Waals surface area contributed by atoms with Crippen molar-refractivity contribution in [1.29, 1.82) is 0 Å². The van der Waals surface area contributed by atoms with Gasteiger partial charge in [-0.1, -0.05) is 23.7 Å². The van der Waals surface area contributed by atoms with E-state index in [2.05, 4.69) is 29.7 Å². The molecular formula is C20H33ClIN3O2.